The first-order valence-corrected chi connectivity index (χ1v) is 9.48. The van der Waals surface area contributed by atoms with Crippen LogP contribution in [0.4, 0.5) is 0 Å². The van der Waals surface area contributed by atoms with Crippen molar-refractivity contribution >= 4 is 12.2 Å². The van der Waals surface area contributed by atoms with Crippen LogP contribution < -0.4 is 5.73 Å². The molecule has 1 aliphatic rings. The lowest BCUT2D eigenvalue weighted by atomic mass is 10.0. The van der Waals surface area contributed by atoms with Crippen LogP contribution >= 0.6 is 0 Å². The molecule has 0 radical (unpaired) electrons. The Balaban J connectivity index is 1.93. The molecule has 0 aliphatic heterocycles. The van der Waals surface area contributed by atoms with Gasteiger partial charge >= 0.3 is 0 Å². The minimum atomic E-state index is -1.70. The van der Waals surface area contributed by atoms with E-state index < -0.39 is 11.5 Å². The monoisotopic (exact) mass is 392 g/mol. The van der Waals surface area contributed by atoms with Gasteiger partial charge in [-0.1, -0.05) is 24.0 Å². The SMILES string of the molecule is CN(C)CC[C@@](O)(C#Cc1cccc(-c2nc3c(c(C(N)=O)n2)CCC3)c1)C=O. The topological polar surface area (TPSA) is 109 Å². The van der Waals surface area contributed by atoms with Gasteiger partial charge in [-0.05, 0) is 45.5 Å². The molecule has 1 aliphatic carbocycles. The van der Waals surface area contributed by atoms with Gasteiger partial charge in [-0.2, -0.15) is 0 Å². The lowest BCUT2D eigenvalue weighted by Gasteiger charge is -2.17. The van der Waals surface area contributed by atoms with Gasteiger partial charge < -0.3 is 15.7 Å². The van der Waals surface area contributed by atoms with Gasteiger partial charge in [-0.25, -0.2) is 9.97 Å². The van der Waals surface area contributed by atoms with Crippen LogP contribution in [0.25, 0.3) is 11.4 Å². The number of nitrogens with zero attached hydrogens (tertiary/aromatic N) is 3. The number of hydrogen-bond donors (Lipinski definition) is 2. The number of aromatic nitrogens is 2. The number of aldehydes is 1. The van der Waals surface area contributed by atoms with Gasteiger partial charge in [-0.3, -0.25) is 9.59 Å². The summed E-state index contributed by atoms with van der Waals surface area (Å²) in [6.45, 7) is 0.531. The van der Waals surface area contributed by atoms with Crippen LogP contribution in [0.3, 0.4) is 0 Å². The highest BCUT2D eigenvalue weighted by molar-refractivity contribution is 5.93. The van der Waals surface area contributed by atoms with E-state index in [1.807, 2.05) is 25.1 Å². The number of nitrogens with two attached hydrogens (primary N) is 1. The van der Waals surface area contributed by atoms with Gasteiger partial charge in [0.05, 0.1) is 0 Å². The van der Waals surface area contributed by atoms with Gasteiger partial charge in [-0.15, -0.1) is 0 Å². The molecule has 0 unspecified atom stereocenters. The minimum absolute atomic E-state index is 0.214. The van der Waals surface area contributed by atoms with Crippen molar-refractivity contribution in [1.82, 2.24) is 14.9 Å². The van der Waals surface area contributed by atoms with Crippen LogP contribution in [-0.2, 0) is 17.6 Å². The van der Waals surface area contributed by atoms with Crippen molar-refractivity contribution < 1.29 is 14.7 Å². The van der Waals surface area contributed by atoms with Gasteiger partial charge in [0.25, 0.3) is 5.91 Å². The largest absolute Gasteiger partial charge is 0.371 e. The fourth-order valence-electron chi connectivity index (χ4n) is 3.23. The molecule has 0 saturated carbocycles. The average Bonchev–Trinajstić information content (AvgIpc) is 3.19. The molecule has 0 bridgehead atoms. The van der Waals surface area contributed by atoms with E-state index in [1.165, 1.54) is 0 Å². The second-order valence-electron chi connectivity index (χ2n) is 7.47. The van der Waals surface area contributed by atoms with Gasteiger partial charge in [0.15, 0.2) is 17.7 Å². The van der Waals surface area contributed by atoms with Crippen molar-refractivity contribution in [3.8, 4) is 23.2 Å². The number of carbonyl (C=O) groups excluding carboxylic acids is 2. The summed E-state index contributed by atoms with van der Waals surface area (Å²) in [6.07, 6.45) is 3.16. The van der Waals surface area contributed by atoms with Crippen molar-refractivity contribution in [1.29, 1.82) is 0 Å². The van der Waals surface area contributed by atoms with E-state index in [0.717, 1.165) is 30.5 Å². The quantitative estimate of drug-likeness (QED) is 0.560. The summed E-state index contributed by atoms with van der Waals surface area (Å²) in [4.78, 5) is 34.0. The molecule has 29 heavy (non-hydrogen) atoms. The van der Waals surface area contributed by atoms with Gasteiger partial charge in [0, 0.05) is 35.3 Å². The van der Waals surface area contributed by atoms with Crippen LogP contribution in [0, 0.1) is 11.8 Å². The number of hydrogen-bond acceptors (Lipinski definition) is 6. The van der Waals surface area contributed by atoms with Gasteiger partial charge in [0.2, 0.25) is 0 Å². The Morgan fingerprint density at radius 1 is 1.34 bits per heavy atom. The third-order valence-electron chi connectivity index (χ3n) is 4.85. The van der Waals surface area contributed by atoms with E-state index in [0.29, 0.717) is 29.8 Å². The molecule has 1 heterocycles. The molecule has 3 N–H and O–H groups in total. The van der Waals surface area contributed by atoms with E-state index in [-0.39, 0.29) is 12.1 Å². The predicted octanol–water partition coefficient (Wildman–Crippen LogP) is 0.964. The maximum Gasteiger partial charge on any atom is 0.267 e. The molecule has 7 nitrogen and oxygen atoms in total. The summed E-state index contributed by atoms with van der Waals surface area (Å²) in [5, 5.41) is 10.4. The molecular weight excluding hydrogens is 368 g/mol. The molecule has 0 fully saturated rings. The van der Waals surface area contributed by atoms with E-state index >= 15 is 0 Å². The van der Waals surface area contributed by atoms with Crippen molar-refractivity contribution in [2.45, 2.75) is 31.3 Å². The Labute approximate surface area is 170 Å². The Hall–Kier alpha value is -3.08. The fourth-order valence-corrected chi connectivity index (χ4v) is 3.23. The van der Waals surface area contributed by atoms with E-state index in [9.17, 15) is 14.7 Å². The molecule has 7 heteroatoms. The molecule has 1 atom stereocenters. The molecular formula is C22H24N4O3. The number of aryl methyl sites for hydroxylation is 1. The number of rotatable bonds is 6. The fraction of sp³-hybridized carbons (Fsp3) is 0.364. The molecule has 0 spiro atoms. The maximum atomic E-state index is 11.8. The average molecular weight is 392 g/mol. The highest BCUT2D eigenvalue weighted by Crippen LogP contribution is 2.26. The number of carbonyl (C=O) groups is 2. The van der Waals surface area contributed by atoms with Crippen molar-refractivity contribution in [2.24, 2.45) is 5.73 Å². The zero-order chi connectivity index (χ0) is 21.0. The van der Waals surface area contributed by atoms with E-state index in [4.69, 9.17) is 5.73 Å². The van der Waals surface area contributed by atoms with Crippen LogP contribution in [0.5, 0.6) is 0 Å². The van der Waals surface area contributed by atoms with Crippen LogP contribution in [0.15, 0.2) is 24.3 Å². The Bertz CT molecular complexity index is 1010. The standard InChI is InChI=1S/C22H24N4O3/c1-26(2)12-11-22(29,14-27)10-9-15-5-3-6-16(13-15)21-24-18-8-4-7-17(18)19(25-21)20(23)28/h3,5-6,13-14,29H,4,7-8,11-12H2,1-2H3,(H2,23,28)/t22-/m0/s1. The Morgan fingerprint density at radius 3 is 2.83 bits per heavy atom. The third kappa shape index (κ3) is 4.86. The second-order valence-corrected chi connectivity index (χ2v) is 7.47. The number of benzene rings is 1. The van der Waals surface area contributed by atoms with E-state index in [1.54, 1.807) is 18.2 Å². The Morgan fingerprint density at radius 2 is 2.14 bits per heavy atom. The summed E-state index contributed by atoms with van der Waals surface area (Å²) in [6, 6.07) is 7.16. The third-order valence-corrected chi connectivity index (χ3v) is 4.85. The van der Waals surface area contributed by atoms with Crippen molar-refractivity contribution in [3.63, 3.8) is 0 Å². The molecule has 0 saturated heterocycles. The van der Waals surface area contributed by atoms with Crippen LogP contribution in [-0.4, -0.2) is 58.4 Å². The van der Waals surface area contributed by atoms with Crippen molar-refractivity contribution in [3.05, 3.63) is 46.8 Å². The number of aliphatic hydroxyl groups is 1. The minimum Gasteiger partial charge on any atom is -0.371 e. The highest BCUT2D eigenvalue weighted by atomic mass is 16.3. The maximum absolute atomic E-state index is 11.8. The Kier molecular flexibility index (Phi) is 6.06. The predicted molar refractivity (Wildman–Crippen MR) is 109 cm³/mol. The first kappa shape index (κ1) is 20.6. The molecule has 2 aromatic rings. The van der Waals surface area contributed by atoms with Crippen LogP contribution in [0.1, 0.15) is 40.2 Å². The number of fused-ring (bicyclic) bond motifs is 1. The molecule has 1 aromatic carbocycles. The molecule has 3 rings (SSSR count). The summed E-state index contributed by atoms with van der Waals surface area (Å²) in [5.41, 5.74) is 7.08. The molecule has 1 amide bonds. The lowest BCUT2D eigenvalue weighted by molar-refractivity contribution is -0.119. The normalized spacial score (nSPS) is 14.6. The molecule has 150 valence electrons. The number of amides is 1. The zero-order valence-corrected chi connectivity index (χ0v) is 16.6. The first-order chi connectivity index (χ1) is 13.8. The summed E-state index contributed by atoms with van der Waals surface area (Å²) in [5.74, 6) is 5.39. The summed E-state index contributed by atoms with van der Waals surface area (Å²) < 4.78 is 0. The summed E-state index contributed by atoms with van der Waals surface area (Å²) >= 11 is 0. The second kappa shape index (κ2) is 8.52. The van der Waals surface area contributed by atoms with Gasteiger partial charge in [0.1, 0.15) is 5.69 Å². The summed E-state index contributed by atoms with van der Waals surface area (Å²) in [7, 11) is 3.72. The zero-order valence-electron chi connectivity index (χ0n) is 16.6. The highest BCUT2D eigenvalue weighted by Gasteiger charge is 2.24. The lowest BCUT2D eigenvalue weighted by Crippen LogP contribution is -2.33. The number of primary amides is 1. The first-order valence-electron chi connectivity index (χ1n) is 9.48. The van der Waals surface area contributed by atoms with Crippen molar-refractivity contribution in [2.75, 3.05) is 20.6 Å². The molecule has 1 aromatic heterocycles. The van der Waals surface area contributed by atoms with Crippen LogP contribution in [0.2, 0.25) is 0 Å². The smallest absolute Gasteiger partial charge is 0.267 e. The van der Waals surface area contributed by atoms with E-state index in [2.05, 4.69) is 21.8 Å².